The van der Waals surface area contributed by atoms with Crippen LogP contribution in [0.2, 0.25) is 0 Å². The van der Waals surface area contributed by atoms with Gasteiger partial charge in [-0.2, -0.15) is 0 Å². The van der Waals surface area contributed by atoms with Crippen LogP contribution in [0.25, 0.3) is 0 Å². The average molecular weight is 262 g/mol. The fourth-order valence-electron chi connectivity index (χ4n) is 0.453. The van der Waals surface area contributed by atoms with Crippen LogP contribution in [0.1, 0.15) is 6.92 Å². The van der Waals surface area contributed by atoms with Crippen molar-refractivity contribution in [2.75, 3.05) is 13.2 Å². The standard InChI is InChI=1S/C5H13O7P.2Na/c1-5(8,3-6)4(7)2-12-13(9,10)11;;/h4,6-8H,2-3H2,1H3,(H2,9,10,11);;/t4-,5+;;/m1../s1. The summed E-state index contributed by atoms with van der Waals surface area (Å²) in [6, 6.07) is 0. The van der Waals surface area contributed by atoms with E-state index in [4.69, 9.17) is 25.1 Å². The Kier molecular flexibility index (Phi) is 13.3. The van der Waals surface area contributed by atoms with E-state index in [9.17, 15) is 4.57 Å². The topological polar surface area (TPSA) is 127 Å². The van der Waals surface area contributed by atoms with Crippen molar-refractivity contribution in [3.63, 3.8) is 0 Å². The van der Waals surface area contributed by atoms with E-state index in [1.807, 2.05) is 0 Å². The fraction of sp³-hybridized carbons (Fsp3) is 1.00. The second kappa shape index (κ2) is 8.99. The molecular formula is C5H13Na2O7P. The molecule has 0 bridgehead atoms. The number of phosphoric ester groups is 1. The third-order valence-corrected chi connectivity index (χ3v) is 1.92. The molecule has 0 aliphatic carbocycles. The second-order valence-corrected chi connectivity index (χ2v) is 4.06. The first kappa shape index (κ1) is 22.2. The summed E-state index contributed by atoms with van der Waals surface area (Å²) in [7, 11) is -4.65. The predicted molar refractivity (Wildman–Crippen MR) is 53.2 cm³/mol. The third-order valence-electron chi connectivity index (χ3n) is 1.44. The van der Waals surface area contributed by atoms with E-state index in [0.29, 0.717) is 0 Å². The van der Waals surface area contributed by atoms with Gasteiger partial charge in [-0.15, -0.1) is 0 Å². The Hall–Kier alpha value is 1.99. The van der Waals surface area contributed by atoms with Crippen molar-refractivity contribution in [1.29, 1.82) is 0 Å². The van der Waals surface area contributed by atoms with Crippen LogP contribution >= 0.6 is 7.82 Å². The van der Waals surface area contributed by atoms with Gasteiger partial charge in [0.05, 0.1) is 13.2 Å². The smallest absolute Gasteiger partial charge is 0.393 e. The first-order valence-corrected chi connectivity index (χ1v) is 4.93. The summed E-state index contributed by atoms with van der Waals surface area (Å²) in [5.41, 5.74) is -1.84. The summed E-state index contributed by atoms with van der Waals surface area (Å²) in [6.07, 6.45) is -1.56. The van der Waals surface area contributed by atoms with Gasteiger partial charge in [0.2, 0.25) is 0 Å². The minimum absolute atomic E-state index is 0. The van der Waals surface area contributed by atoms with Crippen molar-refractivity contribution in [3.8, 4) is 0 Å². The molecule has 2 atom stereocenters. The molecule has 0 aliphatic heterocycles. The molecule has 0 amide bonds. The molecule has 2 radical (unpaired) electrons. The van der Waals surface area contributed by atoms with Crippen LogP contribution in [0, 0.1) is 0 Å². The van der Waals surface area contributed by atoms with E-state index in [1.165, 1.54) is 0 Å². The molecule has 0 rings (SSSR count). The summed E-state index contributed by atoms with van der Waals surface area (Å²) in [6.45, 7) is -0.378. The number of phosphoric acid groups is 1. The number of aliphatic hydroxyl groups is 3. The summed E-state index contributed by atoms with van der Waals surface area (Å²) in [4.78, 5) is 16.5. The van der Waals surface area contributed by atoms with Gasteiger partial charge in [0.25, 0.3) is 0 Å². The van der Waals surface area contributed by atoms with Crippen molar-refractivity contribution >= 4 is 66.9 Å². The molecule has 82 valence electrons. The fourth-order valence-corrected chi connectivity index (χ4v) is 0.788. The Morgan fingerprint density at radius 2 is 1.80 bits per heavy atom. The molecule has 7 nitrogen and oxygen atoms in total. The molecule has 0 aromatic rings. The van der Waals surface area contributed by atoms with Crippen LogP contribution < -0.4 is 0 Å². The molecule has 0 aromatic carbocycles. The Balaban J connectivity index is -0.000000720. The van der Waals surface area contributed by atoms with Crippen LogP contribution in [-0.4, -0.2) is 109 Å². The zero-order valence-electron chi connectivity index (χ0n) is 8.99. The van der Waals surface area contributed by atoms with Crippen molar-refractivity contribution in [3.05, 3.63) is 0 Å². The minimum Gasteiger partial charge on any atom is -0.393 e. The zero-order chi connectivity index (χ0) is 10.7. The number of hydrogen-bond donors (Lipinski definition) is 5. The monoisotopic (exact) mass is 262 g/mol. The number of rotatable bonds is 5. The van der Waals surface area contributed by atoms with E-state index in [0.717, 1.165) is 6.92 Å². The van der Waals surface area contributed by atoms with Gasteiger partial charge in [0.15, 0.2) is 0 Å². The maximum absolute atomic E-state index is 10.2. The van der Waals surface area contributed by atoms with Crippen LogP contribution in [0.3, 0.4) is 0 Å². The van der Waals surface area contributed by atoms with Crippen molar-refractivity contribution in [2.45, 2.75) is 18.6 Å². The second-order valence-electron chi connectivity index (χ2n) is 2.82. The summed E-state index contributed by atoms with van der Waals surface area (Å²) in [5.74, 6) is 0. The SMILES string of the molecule is C[C@](O)(CO)[C@H](O)COP(=O)(O)O.[Na].[Na]. The molecular weight excluding hydrogens is 249 g/mol. The normalized spacial score (nSPS) is 16.9. The van der Waals surface area contributed by atoms with E-state index < -0.39 is 32.7 Å². The molecule has 0 aromatic heterocycles. The van der Waals surface area contributed by atoms with Gasteiger partial charge >= 0.3 is 7.82 Å². The predicted octanol–water partition coefficient (Wildman–Crippen LogP) is -2.56. The number of hydrogen-bond acceptors (Lipinski definition) is 5. The number of aliphatic hydroxyl groups excluding tert-OH is 2. The van der Waals surface area contributed by atoms with Gasteiger partial charge in [-0.1, -0.05) is 0 Å². The molecule has 0 unspecified atom stereocenters. The van der Waals surface area contributed by atoms with Crippen molar-refractivity contribution in [2.24, 2.45) is 0 Å². The molecule has 0 saturated carbocycles. The zero-order valence-corrected chi connectivity index (χ0v) is 13.9. The summed E-state index contributed by atoms with van der Waals surface area (Å²) >= 11 is 0. The minimum atomic E-state index is -4.65. The maximum Gasteiger partial charge on any atom is 0.469 e. The Morgan fingerprint density at radius 3 is 2.07 bits per heavy atom. The van der Waals surface area contributed by atoms with Gasteiger partial charge in [-0.3, -0.25) is 4.52 Å². The van der Waals surface area contributed by atoms with Gasteiger partial charge in [0.1, 0.15) is 11.7 Å². The molecule has 0 heterocycles. The maximum atomic E-state index is 10.2. The summed E-state index contributed by atoms with van der Waals surface area (Å²) < 4.78 is 14.1. The Labute approximate surface area is 132 Å². The van der Waals surface area contributed by atoms with Gasteiger partial charge in [-0.05, 0) is 6.92 Å². The Bertz CT molecular complexity index is 206. The quantitative estimate of drug-likeness (QED) is 0.272. The van der Waals surface area contributed by atoms with Gasteiger partial charge in [-0.25, -0.2) is 4.57 Å². The van der Waals surface area contributed by atoms with Gasteiger partial charge in [0, 0.05) is 59.1 Å². The molecule has 0 spiro atoms. The summed E-state index contributed by atoms with van der Waals surface area (Å²) in [5, 5.41) is 26.8. The first-order chi connectivity index (χ1) is 5.69. The molecule has 15 heavy (non-hydrogen) atoms. The van der Waals surface area contributed by atoms with E-state index in [2.05, 4.69) is 4.52 Å². The first-order valence-electron chi connectivity index (χ1n) is 3.40. The van der Waals surface area contributed by atoms with Crippen molar-refractivity contribution < 1.29 is 34.2 Å². The Morgan fingerprint density at radius 1 is 1.40 bits per heavy atom. The molecule has 0 fully saturated rings. The average Bonchev–Trinajstić information content (AvgIpc) is 1.98. The third kappa shape index (κ3) is 10.8. The molecule has 0 aliphatic rings. The van der Waals surface area contributed by atoms with Crippen LogP contribution in [0.15, 0.2) is 0 Å². The van der Waals surface area contributed by atoms with Crippen LogP contribution in [0.5, 0.6) is 0 Å². The largest absolute Gasteiger partial charge is 0.469 e. The molecule has 0 saturated heterocycles. The molecule has 5 N–H and O–H groups in total. The van der Waals surface area contributed by atoms with Crippen molar-refractivity contribution in [1.82, 2.24) is 0 Å². The van der Waals surface area contributed by atoms with Gasteiger partial charge < -0.3 is 25.1 Å². The van der Waals surface area contributed by atoms with E-state index in [-0.39, 0.29) is 59.1 Å². The van der Waals surface area contributed by atoms with Crippen LogP contribution in [0.4, 0.5) is 0 Å². The van der Waals surface area contributed by atoms with E-state index >= 15 is 0 Å². The van der Waals surface area contributed by atoms with E-state index in [1.54, 1.807) is 0 Å². The van der Waals surface area contributed by atoms with Crippen LogP contribution in [-0.2, 0) is 9.09 Å². The molecule has 10 heteroatoms.